The van der Waals surface area contributed by atoms with Gasteiger partial charge in [-0.2, -0.15) is 0 Å². The van der Waals surface area contributed by atoms with Gasteiger partial charge in [0.15, 0.2) is 5.96 Å². The highest BCUT2D eigenvalue weighted by Gasteiger charge is 1.95. The average Bonchev–Trinajstić information content (AvgIpc) is 2.45. The molecule has 0 saturated carbocycles. The van der Waals surface area contributed by atoms with E-state index < -0.39 is 0 Å². The number of halogens is 1. The lowest BCUT2D eigenvalue weighted by atomic mass is 10.4. The van der Waals surface area contributed by atoms with E-state index in [1.54, 1.807) is 7.11 Å². The van der Waals surface area contributed by atoms with Gasteiger partial charge in [0, 0.05) is 26.8 Å². The minimum absolute atomic E-state index is 0. The molecule has 0 aromatic heterocycles. The quantitative estimate of drug-likeness (QED) is 0.207. The Balaban J connectivity index is 0. The number of guanidine groups is 1. The Morgan fingerprint density at radius 3 is 2.29 bits per heavy atom. The predicted molar refractivity (Wildman–Crippen MR) is 97.8 cm³/mol. The smallest absolute Gasteiger partial charge is 0.191 e. The molecule has 21 heavy (non-hydrogen) atoms. The maximum atomic E-state index is 5.46. The first-order valence-corrected chi connectivity index (χ1v) is 7.51. The molecule has 7 heteroatoms. The largest absolute Gasteiger partial charge is 0.383 e. The van der Waals surface area contributed by atoms with Crippen LogP contribution >= 0.6 is 24.0 Å². The molecular weight excluding hydrogens is 385 g/mol. The number of rotatable bonds is 13. The predicted octanol–water partition coefficient (Wildman–Crippen LogP) is 1.64. The zero-order chi connectivity index (χ0) is 14.9. The van der Waals surface area contributed by atoms with Crippen LogP contribution in [0.2, 0.25) is 0 Å². The lowest BCUT2D eigenvalue weighted by Crippen LogP contribution is -2.39. The number of hydrogen-bond donors (Lipinski definition) is 2. The van der Waals surface area contributed by atoms with Crippen LogP contribution in [0.1, 0.15) is 26.7 Å². The highest BCUT2D eigenvalue weighted by Crippen LogP contribution is 1.88. The van der Waals surface area contributed by atoms with Crippen LogP contribution in [0.4, 0.5) is 0 Å². The van der Waals surface area contributed by atoms with Gasteiger partial charge in [0.25, 0.3) is 0 Å². The molecule has 0 amide bonds. The maximum absolute atomic E-state index is 5.46. The summed E-state index contributed by atoms with van der Waals surface area (Å²) in [5, 5.41) is 6.35. The van der Waals surface area contributed by atoms with Crippen molar-refractivity contribution in [3.63, 3.8) is 0 Å². The molecule has 6 nitrogen and oxygen atoms in total. The molecule has 0 saturated heterocycles. The van der Waals surface area contributed by atoms with Crippen LogP contribution in [-0.4, -0.2) is 65.7 Å². The lowest BCUT2D eigenvalue weighted by Gasteiger charge is -2.10. The van der Waals surface area contributed by atoms with E-state index >= 15 is 0 Å². The molecule has 0 aliphatic rings. The van der Waals surface area contributed by atoms with Gasteiger partial charge in [0.05, 0.1) is 33.0 Å². The summed E-state index contributed by atoms with van der Waals surface area (Å²) in [7, 11) is 1.68. The van der Waals surface area contributed by atoms with E-state index in [2.05, 4.69) is 22.5 Å². The third-order valence-electron chi connectivity index (χ3n) is 2.46. The van der Waals surface area contributed by atoms with Gasteiger partial charge in [-0.15, -0.1) is 24.0 Å². The van der Waals surface area contributed by atoms with Gasteiger partial charge in [-0.3, -0.25) is 4.99 Å². The van der Waals surface area contributed by atoms with Crippen LogP contribution in [0, 0.1) is 0 Å². The molecule has 0 radical (unpaired) electrons. The van der Waals surface area contributed by atoms with Crippen molar-refractivity contribution in [2.45, 2.75) is 26.7 Å². The normalized spacial score (nSPS) is 11.1. The van der Waals surface area contributed by atoms with Crippen molar-refractivity contribution in [1.29, 1.82) is 0 Å². The Morgan fingerprint density at radius 2 is 1.67 bits per heavy atom. The number of hydrogen-bond acceptors (Lipinski definition) is 4. The minimum Gasteiger partial charge on any atom is -0.383 e. The molecule has 0 fully saturated rings. The van der Waals surface area contributed by atoms with E-state index in [4.69, 9.17) is 14.2 Å². The average molecular weight is 417 g/mol. The summed E-state index contributed by atoms with van der Waals surface area (Å²) in [6.07, 6.45) is 2.28. The van der Waals surface area contributed by atoms with Gasteiger partial charge in [-0.25, -0.2) is 0 Å². The second-order valence-electron chi connectivity index (χ2n) is 4.26. The van der Waals surface area contributed by atoms with Gasteiger partial charge >= 0.3 is 0 Å². The van der Waals surface area contributed by atoms with Gasteiger partial charge < -0.3 is 24.8 Å². The van der Waals surface area contributed by atoms with Crippen molar-refractivity contribution in [1.82, 2.24) is 10.6 Å². The third kappa shape index (κ3) is 17.8. The molecule has 0 spiro atoms. The van der Waals surface area contributed by atoms with Crippen LogP contribution in [0.25, 0.3) is 0 Å². The molecule has 128 valence electrons. The Morgan fingerprint density at radius 1 is 0.952 bits per heavy atom. The number of nitrogens with one attached hydrogen (secondary N) is 2. The molecule has 0 heterocycles. The highest BCUT2D eigenvalue weighted by molar-refractivity contribution is 14.0. The van der Waals surface area contributed by atoms with E-state index in [-0.39, 0.29) is 24.0 Å². The monoisotopic (exact) mass is 417 g/mol. The first kappa shape index (κ1) is 23.2. The van der Waals surface area contributed by atoms with Crippen molar-refractivity contribution < 1.29 is 14.2 Å². The van der Waals surface area contributed by atoms with Crippen molar-refractivity contribution in [2.75, 3.05) is 59.8 Å². The summed E-state index contributed by atoms with van der Waals surface area (Å²) in [6.45, 7) is 9.80. The minimum atomic E-state index is 0. The van der Waals surface area contributed by atoms with Crippen LogP contribution in [-0.2, 0) is 14.2 Å². The number of unbranched alkanes of at least 4 members (excludes halogenated alkanes) is 1. The summed E-state index contributed by atoms with van der Waals surface area (Å²) in [6, 6.07) is 0. The second kappa shape index (κ2) is 19.9. The fourth-order valence-corrected chi connectivity index (χ4v) is 1.40. The van der Waals surface area contributed by atoms with Gasteiger partial charge in [0.1, 0.15) is 0 Å². The van der Waals surface area contributed by atoms with Crippen LogP contribution < -0.4 is 10.6 Å². The molecule has 0 aromatic carbocycles. The van der Waals surface area contributed by atoms with E-state index in [1.807, 2.05) is 6.92 Å². The summed E-state index contributed by atoms with van der Waals surface area (Å²) in [5.74, 6) is 0.798. The summed E-state index contributed by atoms with van der Waals surface area (Å²) in [5.41, 5.74) is 0. The fourth-order valence-electron chi connectivity index (χ4n) is 1.40. The Hall–Kier alpha value is -0.120. The lowest BCUT2D eigenvalue weighted by molar-refractivity contribution is 0.0497. The van der Waals surface area contributed by atoms with E-state index in [0.29, 0.717) is 33.0 Å². The molecule has 0 bridgehead atoms. The van der Waals surface area contributed by atoms with Crippen LogP contribution in [0.3, 0.4) is 0 Å². The van der Waals surface area contributed by atoms with E-state index in [9.17, 15) is 0 Å². The zero-order valence-corrected chi connectivity index (χ0v) is 16.0. The molecule has 0 rings (SSSR count). The topological polar surface area (TPSA) is 64.1 Å². The third-order valence-corrected chi connectivity index (χ3v) is 2.46. The standard InChI is InChI=1S/C14H31N3O3.HI/c1-4-6-9-19-12-13-20-11-8-17-14(15-5-2)16-7-10-18-3;/h4-13H2,1-3H3,(H2,15,16,17);1H. The summed E-state index contributed by atoms with van der Waals surface area (Å²) in [4.78, 5) is 4.41. The molecule has 0 aromatic rings. The van der Waals surface area contributed by atoms with E-state index in [0.717, 1.165) is 32.1 Å². The Kier molecular flexibility index (Phi) is 21.9. The molecule has 0 atom stereocenters. The van der Waals surface area contributed by atoms with E-state index in [1.165, 1.54) is 6.42 Å². The molecule has 2 N–H and O–H groups in total. The van der Waals surface area contributed by atoms with Crippen molar-refractivity contribution >= 4 is 29.9 Å². The second-order valence-corrected chi connectivity index (χ2v) is 4.26. The highest BCUT2D eigenvalue weighted by atomic mass is 127. The Bertz CT molecular complexity index is 232. The number of ether oxygens (including phenoxy) is 3. The van der Waals surface area contributed by atoms with Crippen molar-refractivity contribution in [3.05, 3.63) is 0 Å². The fraction of sp³-hybridized carbons (Fsp3) is 0.929. The number of methoxy groups -OCH3 is 1. The van der Waals surface area contributed by atoms with Crippen LogP contribution in [0.5, 0.6) is 0 Å². The van der Waals surface area contributed by atoms with Gasteiger partial charge in [0.2, 0.25) is 0 Å². The van der Waals surface area contributed by atoms with Crippen molar-refractivity contribution in [2.24, 2.45) is 4.99 Å². The Labute approximate surface area is 146 Å². The van der Waals surface area contributed by atoms with Crippen LogP contribution in [0.15, 0.2) is 4.99 Å². The SMILES string of the molecule is CCCCOCCOCCN=C(NCC)NCCOC.I. The number of nitrogens with zero attached hydrogens (tertiary/aromatic N) is 1. The summed E-state index contributed by atoms with van der Waals surface area (Å²) < 4.78 is 15.8. The molecule has 0 unspecified atom stereocenters. The maximum Gasteiger partial charge on any atom is 0.191 e. The number of aliphatic imine (C=N–C) groups is 1. The van der Waals surface area contributed by atoms with Gasteiger partial charge in [-0.1, -0.05) is 13.3 Å². The van der Waals surface area contributed by atoms with Crippen molar-refractivity contribution in [3.8, 4) is 0 Å². The van der Waals surface area contributed by atoms with Gasteiger partial charge in [-0.05, 0) is 13.3 Å². The first-order valence-electron chi connectivity index (χ1n) is 7.51. The zero-order valence-electron chi connectivity index (χ0n) is 13.7. The molecule has 0 aliphatic heterocycles. The summed E-state index contributed by atoms with van der Waals surface area (Å²) >= 11 is 0. The molecule has 0 aliphatic carbocycles. The first-order chi connectivity index (χ1) is 9.85. The molecular formula is C14H32IN3O3.